The SMILES string of the molecule is COc1cc(N=C=O)c(C#N)cc1Br. The van der Waals surface area contributed by atoms with Crippen molar-refractivity contribution in [2.45, 2.75) is 0 Å². The van der Waals surface area contributed by atoms with Gasteiger partial charge < -0.3 is 4.74 Å². The summed E-state index contributed by atoms with van der Waals surface area (Å²) in [4.78, 5) is 13.5. The average molecular weight is 253 g/mol. The molecule has 0 aliphatic rings. The zero-order valence-electron chi connectivity index (χ0n) is 7.24. The van der Waals surface area contributed by atoms with Crippen molar-refractivity contribution >= 4 is 27.7 Å². The Hall–Kier alpha value is -1.63. The van der Waals surface area contributed by atoms with Gasteiger partial charge in [-0.05, 0) is 22.0 Å². The first kappa shape index (κ1) is 10.5. The predicted octanol–water partition coefficient (Wildman–Crippen LogP) is 2.30. The maximum Gasteiger partial charge on any atom is 0.240 e. The van der Waals surface area contributed by atoms with Crippen LogP contribution in [0.25, 0.3) is 0 Å². The molecule has 1 rings (SSSR count). The number of hydrogen-bond donors (Lipinski definition) is 0. The Morgan fingerprint density at radius 1 is 1.57 bits per heavy atom. The van der Waals surface area contributed by atoms with Crippen molar-refractivity contribution in [3.05, 3.63) is 22.2 Å². The summed E-state index contributed by atoms with van der Waals surface area (Å²) in [6, 6.07) is 4.94. The van der Waals surface area contributed by atoms with E-state index in [0.717, 1.165) is 0 Å². The molecule has 0 aromatic heterocycles. The van der Waals surface area contributed by atoms with Crippen LogP contribution in [0.2, 0.25) is 0 Å². The summed E-state index contributed by atoms with van der Waals surface area (Å²) in [5.41, 5.74) is 0.545. The molecule has 14 heavy (non-hydrogen) atoms. The van der Waals surface area contributed by atoms with E-state index in [2.05, 4.69) is 20.9 Å². The summed E-state index contributed by atoms with van der Waals surface area (Å²) in [5.74, 6) is 0.512. The number of isocyanates is 1. The molecule has 0 saturated heterocycles. The monoisotopic (exact) mass is 252 g/mol. The van der Waals surface area contributed by atoms with Crippen molar-refractivity contribution in [2.75, 3.05) is 7.11 Å². The van der Waals surface area contributed by atoms with Gasteiger partial charge in [0.1, 0.15) is 11.8 Å². The van der Waals surface area contributed by atoms with Gasteiger partial charge in [0.2, 0.25) is 6.08 Å². The number of ether oxygens (including phenoxy) is 1. The zero-order valence-corrected chi connectivity index (χ0v) is 8.83. The number of halogens is 1. The minimum atomic E-state index is 0.252. The highest BCUT2D eigenvalue weighted by Gasteiger charge is 2.07. The van der Waals surface area contributed by atoms with Gasteiger partial charge in [0, 0.05) is 6.07 Å². The maximum absolute atomic E-state index is 10.1. The van der Waals surface area contributed by atoms with Crippen LogP contribution in [-0.2, 0) is 4.79 Å². The second-order valence-electron chi connectivity index (χ2n) is 2.32. The average Bonchev–Trinajstić information content (AvgIpc) is 2.20. The van der Waals surface area contributed by atoms with Crippen LogP contribution in [0.4, 0.5) is 5.69 Å². The molecule has 0 unspecified atom stereocenters. The molecule has 5 heteroatoms. The number of hydrogen-bond acceptors (Lipinski definition) is 4. The number of nitrogens with zero attached hydrogens (tertiary/aromatic N) is 2. The smallest absolute Gasteiger partial charge is 0.240 e. The lowest BCUT2D eigenvalue weighted by molar-refractivity contribution is 0.412. The summed E-state index contributed by atoms with van der Waals surface area (Å²) < 4.78 is 5.63. The number of benzene rings is 1. The predicted molar refractivity (Wildman–Crippen MR) is 53.2 cm³/mol. The highest BCUT2D eigenvalue weighted by atomic mass is 79.9. The first-order valence-electron chi connectivity index (χ1n) is 3.58. The van der Waals surface area contributed by atoms with E-state index < -0.39 is 0 Å². The first-order valence-corrected chi connectivity index (χ1v) is 4.37. The fraction of sp³-hybridized carbons (Fsp3) is 0.111. The van der Waals surface area contributed by atoms with Crippen molar-refractivity contribution in [1.29, 1.82) is 5.26 Å². The van der Waals surface area contributed by atoms with Gasteiger partial charge in [-0.2, -0.15) is 10.3 Å². The molecule has 70 valence electrons. The van der Waals surface area contributed by atoms with Crippen molar-refractivity contribution in [2.24, 2.45) is 4.99 Å². The standard InChI is InChI=1S/C9H5BrN2O2/c1-14-9-3-8(12-5-13)6(4-11)2-7(9)10/h2-3H,1H3. The summed E-state index contributed by atoms with van der Waals surface area (Å²) >= 11 is 3.22. The largest absolute Gasteiger partial charge is 0.495 e. The van der Waals surface area contributed by atoms with Gasteiger partial charge in [-0.15, -0.1) is 0 Å². The quantitative estimate of drug-likeness (QED) is 0.600. The van der Waals surface area contributed by atoms with Gasteiger partial charge in [0.05, 0.1) is 22.8 Å². The van der Waals surface area contributed by atoms with Gasteiger partial charge >= 0.3 is 0 Å². The fourth-order valence-electron chi connectivity index (χ4n) is 0.930. The number of carbonyl (C=O) groups excluding carboxylic acids is 1. The van der Waals surface area contributed by atoms with Crippen LogP contribution >= 0.6 is 15.9 Å². The zero-order chi connectivity index (χ0) is 10.6. The lowest BCUT2D eigenvalue weighted by Crippen LogP contribution is -1.86. The van der Waals surface area contributed by atoms with Crippen LogP contribution in [0.1, 0.15) is 5.56 Å². The van der Waals surface area contributed by atoms with Gasteiger partial charge in [-0.1, -0.05) is 0 Å². The molecule has 1 aromatic rings. The van der Waals surface area contributed by atoms with E-state index in [1.165, 1.54) is 25.3 Å². The normalized spacial score (nSPS) is 8.64. The van der Waals surface area contributed by atoms with E-state index in [0.29, 0.717) is 15.8 Å². The fourth-order valence-corrected chi connectivity index (χ4v) is 1.44. The van der Waals surface area contributed by atoms with Crippen LogP contribution in [0, 0.1) is 11.3 Å². The molecule has 0 fully saturated rings. The molecule has 1 aromatic carbocycles. The Morgan fingerprint density at radius 2 is 2.29 bits per heavy atom. The topological polar surface area (TPSA) is 62.4 Å². The van der Waals surface area contributed by atoms with Crippen molar-refractivity contribution in [3.8, 4) is 11.8 Å². The number of methoxy groups -OCH3 is 1. The minimum Gasteiger partial charge on any atom is -0.495 e. The van der Waals surface area contributed by atoms with E-state index in [1.54, 1.807) is 0 Å². The molecular formula is C9H5BrN2O2. The Balaban J connectivity index is 3.41. The van der Waals surface area contributed by atoms with Gasteiger partial charge in [-0.25, -0.2) is 4.79 Å². The molecule has 4 nitrogen and oxygen atoms in total. The van der Waals surface area contributed by atoms with Crippen LogP contribution in [0.15, 0.2) is 21.6 Å². The van der Waals surface area contributed by atoms with E-state index in [1.807, 2.05) is 6.07 Å². The molecule has 0 saturated carbocycles. The summed E-state index contributed by atoms with van der Waals surface area (Å²) in [7, 11) is 1.49. The molecule has 0 aliphatic heterocycles. The lowest BCUT2D eigenvalue weighted by Gasteiger charge is -2.04. The second kappa shape index (κ2) is 4.56. The van der Waals surface area contributed by atoms with Gasteiger partial charge in [0.15, 0.2) is 0 Å². The summed E-state index contributed by atoms with van der Waals surface area (Å²) in [5, 5.41) is 8.73. The molecular weight excluding hydrogens is 248 g/mol. The van der Waals surface area contributed by atoms with E-state index in [9.17, 15) is 4.79 Å². The van der Waals surface area contributed by atoms with Crippen LogP contribution in [-0.4, -0.2) is 13.2 Å². The molecule has 0 amide bonds. The number of aliphatic imine (C=N–C) groups is 1. The van der Waals surface area contributed by atoms with E-state index in [4.69, 9.17) is 10.00 Å². The maximum atomic E-state index is 10.1. The van der Waals surface area contributed by atoms with Gasteiger partial charge in [0.25, 0.3) is 0 Å². The molecule has 0 radical (unpaired) electrons. The molecule has 0 atom stereocenters. The van der Waals surface area contributed by atoms with Gasteiger partial charge in [-0.3, -0.25) is 0 Å². The van der Waals surface area contributed by atoms with Crippen LogP contribution in [0.5, 0.6) is 5.75 Å². The van der Waals surface area contributed by atoms with Crippen LogP contribution < -0.4 is 4.74 Å². The van der Waals surface area contributed by atoms with Crippen molar-refractivity contribution < 1.29 is 9.53 Å². The summed E-state index contributed by atoms with van der Waals surface area (Å²) in [6.45, 7) is 0. The third-order valence-corrected chi connectivity index (χ3v) is 2.18. The second-order valence-corrected chi connectivity index (χ2v) is 3.17. The highest BCUT2D eigenvalue weighted by molar-refractivity contribution is 9.10. The Bertz CT molecular complexity index is 445. The molecule has 0 aliphatic carbocycles. The Labute approximate surface area is 89.0 Å². The van der Waals surface area contributed by atoms with E-state index in [-0.39, 0.29) is 5.69 Å². The summed E-state index contributed by atoms with van der Waals surface area (Å²) in [6.07, 6.45) is 1.38. The van der Waals surface area contributed by atoms with Crippen LogP contribution in [0.3, 0.4) is 0 Å². The Kier molecular flexibility index (Phi) is 3.41. The highest BCUT2D eigenvalue weighted by Crippen LogP contribution is 2.32. The lowest BCUT2D eigenvalue weighted by atomic mass is 10.2. The number of nitriles is 1. The third kappa shape index (κ3) is 1.99. The molecule has 0 N–H and O–H groups in total. The van der Waals surface area contributed by atoms with E-state index >= 15 is 0 Å². The Morgan fingerprint density at radius 3 is 2.79 bits per heavy atom. The molecule has 0 heterocycles. The first-order chi connectivity index (χ1) is 6.72. The molecule has 0 bridgehead atoms. The van der Waals surface area contributed by atoms with Crippen molar-refractivity contribution in [3.63, 3.8) is 0 Å². The van der Waals surface area contributed by atoms with Crippen molar-refractivity contribution in [1.82, 2.24) is 0 Å². The minimum absolute atomic E-state index is 0.252. The molecule has 0 spiro atoms. The number of rotatable bonds is 2. The third-order valence-electron chi connectivity index (χ3n) is 1.56.